The number of nitrogens with zero attached hydrogens (tertiary/aromatic N) is 2. The van der Waals surface area contributed by atoms with Crippen molar-refractivity contribution in [3.8, 4) is 11.3 Å². The van der Waals surface area contributed by atoms with Crippen molar-refractivity contribution in [1.29, 1.82) is 0 Å². The van der Waals surface area contributed by atoms with Crippen LogP contribution in [0.4, 0.5) is 0 Å². The van der Waals surface area contributed by atoms with Crippen molar-refractivity contribution in [3.63, 3.8) is 0 Å². The molecule has 1 fully saturated rings. The first kappa shape index (κ1) is 18.0. The Labute approximate surface area is 160 Å². The number of aryl methyl sites for hydroxylation is 2. The van der Waals surface area contributed by atoms with Gasteiger partial charge in [0.1, 0.15) is 11.3 Å². The molecule has 0 aliphatic carbocycles. The minimum absolute atomic E-state index is 0.778. The smallest absolute Gasteiger partial charge is 0.136 e. The predicted molar refractivity (Wildman–Crippen MR) is 109 cm³/mol. The van der Waals surface area contributed by atoms with Gasteiger partial charge in [0.2, 0.25) is 0 Å². The van der Waals surface area contributed by atoms with Crippen LogP contribution < -0.4 is 5.36 Å². The van der Waals surface area contributed by atoms with E-state index in [9.17, 15) is 0 Å². The molecule has 3 aromatic rings. The van der Waals surface area contributed by atoms with Crippen LogP contribution in [0.1, 0.15) is 11.1 Å². The van der Waals surface area contributed by atoms with E-state index in [2.05, 4.69) is 61.2 Å². The van der Waals surface area contributed by atoms with Crippen molar-refractivity contribution in [3.05, 3.63) is 65.0 Å². The van der Waals surface area contributed by atoms with E-state index < -0.39 is 0 Å². The second kappa shape index (κ2) is 8.07. The van der Waals surface area contributed by atoms with Crippen molar-refractivity contribution in [2.24, 2.45) is 4.99 Å². The molecule has 0 amide bonds. The lowest BCUT2D eigenvalue weighted by atomic mass is 10.1. The highest BCUT2D eigenvalue weighted by Gasteiger charge is 2.10. The molecule has 0 saturated carbocycles. The zero-order chi connectivity index (χ0) is 18.6. The summed E-state index contributed by atoms with van der Waals surface area (Å²) in [7, 11) is 0. The molecule has 0 bridgehead atoms. The van der Waals surface area contributed by atoms with Crippen LogP contribution in [0.25, 0.3) is 22.3 Å². The standard InChI is InChI=1S/C23H26N2O2/c1-17-3-6-19(7-4-17)23-16-21(20-15-18(2)5-8-22(20)27-23)24-9-10-25-11-13-26-14-12-25/h3-8,15-16H,9-14H2,1-2H3. The highest BCUT2D eigenvalue weighted by atomic mass is 16.5. The summed E-state index contributed by atoms with van der Waals surface area (Å²) in [6, 6.07) is 16.8. The van der Waals surface area contributed by atoms with Crippen LogP contribution in [0.2, 0.25) is 0 Å². The first-order chi connectivity index (χ1) is 13.2. The Morgan fingerprint density at radius 3 is 2.44 bits per heavy atom. The second-order valence-corrected chi connectivity index (χ2v) is 7.20. The fraction of sp³-hybridized carbons (Fsp3) is 0.348. The minimum atomic E-state index is 0.778. The molecule has 2 aromatic carbocycles. The molecule has 4 heteroatoms. The van der Waals surface area contributed by atoms with Crippen molar-refractivity contribution >= 4 is 11.0 Å². The molecule has 0 atom stereocenters. The van der Waals surface area contributed by atoms with Gasteiger partial charge in [-0.05, 0) is 26.0 Å². The zero-order valence-corrected chi connectivity index (χ0v) is 16.1. The van der Waals surface area contributed by atoms with E-state index in [0.717, 1.165) is 67.0 Å². The molecule has 4 nitrogen and oxygen atoms in total. The molecule has 0 N–H and O–H groups in total. The van der Waals surface area contributed by atoms with Gasteiger partial charge in [-0.15, -0.1) is 0 Å². The summed E-state index contributed by atoms with van der Waals surface area (Å²) in [5.74, 6) is 0.858. The van der Waals surface area contributed by atoms with Crippen molar-refractivity contribution < 1.29 is 9.15 Å². The van der Waals surface area contributed by atoms with Gasteiger partial charge in [-0.3, -0.25) is 9.89 Å². The summed E-state index contributed by atoms with van der Waals surface area (Å²) in [5.41, 5.74) is 4.41. The quantitative estimate of drug-likeness (QED) is 0.705. The first-order valence-electron chi connectivity index (χ1n) is 9.61. The van der Waals surface area contributed by atoms with E-state index in [1.165, 1.54) is 11.1 Å². The largest absolute Gasteiger partial charge is 0.456 e. The lowest BCUT2D eigenvalue weighted by Crippen LogP contribution is -2.37. The van der Waals surface area contributed by atoms with E-state index in [0.29, 0.717) is 0 Å². The lowest BCUT2D eigenvalue weighted by molar-refractivity contribution is 0.0394. The Bertz CT molecular complexity index is 983. The number of fused-ring (bicyclic) bond motifs is 1. The van der Waals surface area contributed by atoms with Crippen LogP contribution in [0.5, 0.6) is 0 Å². The molecule has 1 aliphatic rings. The maximum atomic E-state index is 6.19. The van der Waals surface area contributed by atoms with E-state index in [-0.39, 0.29) is 0 Å². The minimum Gasteiger partial charge on any atom is -0.456 e. The average Bonchev–Trinajstić information content (AvgIpc) is 2.69. The van der Waals surface area contributed by atoms with Crippen LogP contribution in [0, 0.1) is 13.8 Å². The predicted octanol–water partition coefficient (Wildman–Crippen LogP) is 3.95. The summed E-state index contributed by atoms with van der Waals surface area (Å²) < 4.78 is 11.6. The van der Waals surface area contributed by atoms with Crippen LogP contribution in [0.3, 0.4) is 0 Å². The van der Waals surface area contributed by atoms with E-state index in [4.69, 9.17) is 14.1 Å². The molecule has 2 heterocycles. The molecule has 4 rings (SSSR count). The van der Waals surface area contributed by atoms with Gasteiger partial charge in [-0.1, -0.05) is 41.5 Å². The summed E-state index contributed by atoms with van der Waals surface area (Å²) >= 11 is 0. The average molecular weight is 362 g/mol. The number of hydrogen-bond donors (Lipinski definition) is 0. The number of hydrogen-bond acceptors (Lipinski definition) is 4. The van der Waals surface area contributed by atoms with Crippen molar-refractivity contribution in [2.75, 3.05) is 39.4 Å². The highest BCUT2D eigenvalue weighted by molar-refractivity contribution is 5.79. The Hall–Kier alpha value is -2.43. The summed E-state index contributed by atoms with van der Waals surface area (Å²) in [5, 5.41) is 2.08. The topological polar surface area (TPSA) is 38.0 Å². The molecule has 140 valence electrons. The molecular weight excluding hydrogens is 336 g/mol. The third kappa shape index (κ3) is 4.29. The summed E-state index contributed by atoms with van der Waals surface area (Å²) in [4.78, 5) is 7.34. The van der Waals surface area contributed by atoms with E-state index >= 15 is 0 Å². The molecule has 1 aromatic heterocycles. The number of rotatable bonds is 4. The van der Waals surface area contributed by atoms with Gasteiger partial charge >= 0.3 is 0 Å². The normalized spacial score (nSPS) is 16.1. The Morgan fingerprint density at radius 1 is 0.926 bits per heavy atom. The van der Waals surface area contributed by atoms with Crippen LogP contribution in [0.15, 0.2) is 57.9 Å². The van der Waals surface area contributed by atoms with Gasteiger partial charge in [-0.25, -0.2) is 0 Å². The third-order valence-corrected chi connectivity index (χ3v) is 5.04. The molecule has 1 saturated heterocycles. The number of ether oxygens (including phenoxy) is 1. The van der Waals surface area contributed by atoms with Gasteiger partial charge in [0.25, 0.3) is 0 Å². The number of morpholine rings is 1. The van der Waals surface area contributed by atoms with Gasteiger partial charge < -0.3 is 9.15 Å². The molecule has 0 unspecified atom stereocenters. The van der Waals surface area contributed by atoms with Gasteiger partial charge in [0.05, 0.1) is 25.1 Å². The monoisotopic (exact) mass is 362 g/mol. The maximum Gasteiger partial charge on any atom is 0.136 e. The van der Waals surface area contributed by atoms with Crippen molar-refractivity contribution in [1.82, 2.24) is 4.90 Å². The molecular formula is C23H26N2O2. The van der Waals surface area contributed by atoms with Crippen LogP contribution in [-0.2, 0) is 4.74 Å². The molecule has 1 aliphatic heterocycles. The highest BCUT2D eigenvalue weighted by Crippen LogP contribution is 2.23. The van der Waals surface area contributed by atoms with E-state index in [1.54, 1.807) is 0 Å². The number of benzene rings is 2. The Morgan fingerprint density at radius 2 is 1.67 bits per heavy atom. The van der Waals surface area contributed by atoms with Gasteiger partial charge in [-0.2, -0.15) is 0 Å². The second-order valence-electron chi connectivity index (χ2n) is 7.20. The Balaban J connectivity index is 1.70. The molecule has 0 spiro atoms. The lowest BCUT2D eigenvalue weighted by Gasteiger charge is -2.25. The summed E-state index contributed by atoms with van der Waals surface area (Å²) in [6.45, 7) is 9.57. The van der Waals surface area contributed by atoms with Crippen molar-refractivity contribution in [2.45, 2.75) is 13.8 Å². The third-order valence-electron chi connectivity index (χ3n) is 5.04. The van der Waals surface area contributed by atoms with E-state index in [1.807, 2.05) is 6.07 Å². The van der Waals surface area contributed by atoms with Gasteiger partial charge in [0, 0.05) is 36.7 Å². The first-order valence-corrected chi connectivity index (χ1v) is 9.61. The summed E-state index contributed by atoms with van der Waals surface area (Å²) in [6.07, 6.45) is 0. The zero-order valence-electron chi connectivity index (χ0n) is 16.1. The van der Waals surface area contributed by atoms with Crippen LogP contribution >= 0.6 is 0 Å². The van der Waals surface area contributed by atoms with Crippen LogP contribution in [-0.4, -0.2) is 44.3 Å². The fourth-order valence-electron chi connectivity index (χ4n) is 3.41. The fourth-order valence-corrected chi connectivity index (χ4v) is 3.41. The maximum absolute atomic E-state index is 6.19. The Kier molecular flexibility index (Phi) is 5.37. The SMILES string of the molecule is Cc1ccc(-c2cc(=NCCN3CCOCC3)c3cc(C)ccc3o2)cc1. The molecule has 0 radical (unpaired) electrons. The molecule has 27 heavy (non-hydrogen) atoms. The van der Waals surface area contributed by atoms with Gasteiger partial charge in [0.15, 0.2) is 0 Å².